The van der Waals surface area contributed by atoms with Crippen LogP contribution in [0.4, 0.5) is 5.69 Å². The normalized spacial score (nSPS) is 13.6. The molecule has 1 aliphatic rings. The van der Waals surface area contributed by atoms with Crippen molar-refractivity contribution in [2.24, 2.45) is 5.73 Å². The molecule has 1 atom stereocenters. The standard InChI is InChI=1S/C33H32N4O4/c1-41-25-10-11-26(29(18-25)33(39)40)27-17-23(32(38)36-14-13-20-5-3-2-4-6-20)8-7-21(27)15-24-19-37-30-12-9-22(31(34)35)16-28(24)30/h2-12,16-18,24,37H,13-15,19H2,1H3,(H3,34,35)(H,36,38)(H,39,40). The smallest absolute Gasteiger partial charge is 0.336 e. The molecule has 208 valence electrons. The van der Waals surface area contributed by atoms with Gasteiger partial charge in [-0.1, -0.05) is 36.4 Å². The van der Waals surface area contributed by atoms with Crippen LogP contribution in [-0.4, -0.2) is 43.0 Å². The molecule has 8 nitrogen and oxygen atoms in total. The van der Waals surface area contributed by atoms with Crippen molar-refractivity contribution >= 4 is 23.4 Å². The Labute approximate surface area is 238 Å². The van der Waals surface area contributed by atoms with E-state index < -0.39 is 5.97 Å². The number of carbonyl (C=O) groups is 2. The number of anilines is 1. The maximum atomic E-state index is 13.2. The molecule has 1 amide bonds. The molecule has 1 unspecified atom stereocenters. The summed E-state index contributed by atoms with van der Waals surface area (Å²) in [5.74, 6) is -0.793. The van der Waals surface area contributed by atoms with Gasteiger partial charge in [0.2, 0.25) is 0 Å². The lowest BCUT2D eigenvalue weighted by Gasteiger charge is -2.18. The van der Waals surface area contributed by atoms with Gasteiger partial charge in [0.25, 0.3) is 5.91 Å². The molecule has 0 spiro atoms. The number of nitrogens with one attached hydrogen (secondary N) is 3. The highest BCUT2D eigenvalue weighted by Gasteiger charge is 2.26. The van der Waals surface area contributed by atoms with E-state index in [0.717, 1.165) is 22.4 Å². The molecule has 6 N–H and O–H groups in total. The Morgan fingerprint density at radius 2 is 1.78 bits per heavy atom. The van der Waals surface area contributed by atoms with E-state index in [9.17, 15) is 14.7 Å². The Bertz CT molecular complexity index is 1620. The zero-order valence-electron chi connectivity index (χ0n) is 22.7. The summed E-state index contributed by atoms with van der Waals surface area (Å²) < 4.78 is 5.28. The number of methoxy groups -OCH3 is 1. The fraction of sp³-hybridized carbons (Fsp3) is 0.182. The molecular formula is C33H32N4O4. The Hall–Kier alpha value is -5.11. The van der Waals surface area contributed by atoms with Crippen molar-refractivity contribution in [3.8, 4) is 16.9 Å². The van der Waals surface area contributed by atoms with Crippen molar-refractivity contribution in [3.05, 3.63) is 118 Å². The summed E-state index contributed by atoms with van der Waals surface area (Å²) in [5, 5.41) is 24.3. The lowest BCUT2D eigenvalue weighted by atomic mass is 9.86. The lowest BCUT2D eigenvalue weighted by molar-refractivity contribution is 0.0697. The van der Waals surface area contributed by atoms with Crippen molar-refractivity contribution in [1.29, 1.82) is 5.41 Å². The number of carboxylic acid groups (broad SMARTS) is 1. The Morgan fingerprint density at radius 1 is 1.00 bits per heavy atom. The van der Waals surface area contributed by atoms with Gasteiger partial charge in [-0.15, -0.1) is 0 Å². The second-order valence-electron chi connectivity index (χ2n) is 10.1. The van der Waals surface area contributed by atoms with E-state index in [0.29, 0.717) is 53.9 Å². The molecule has 0 radical (unpaired) electrons. The van der Waals surface area contributed by atoms with Gasteiger partial charge in [-0.2, -0.15) is 0 Å². The largest absolute Gasteiger partial charge is 0.497 e. The topological polar surface area (TPSA) is 138 Å². The number of hydrogen-bond donors (Lipinski definition) is 5. The van der Waals surface area contributed by atoms with Crippen LogP contribution in [0.15, 0.2) is 84.9 Å². The van der Waals surface area contributed by atoms with Crippen LogP contribution in [-0.2, 0) is 12.8 Å². The second-order valence-corrected chi connectivity index (χ2v) is 10.1. The summed E-state index contributed by atoms with van der Waals surface area (Å²) in [6, 6.07) is 26.0. The number of aromatic carboxylic acids is 1. The molecule has 41 heavy (non-hydrogen) atoms. The van der Waals surface area contributed by atoms with Gasteiger partial charge in [0, 0.05) is 35.8 Å². The third-order valence-electron chi connectivity index (χ3n) is 7.47. The second kappa shape index (κ2) is 12.0. The number of nitrogen functional groups attached to an aromatic ring is 1. The number of hydrogen-bond acceptors (Lipinski definition) is 5. The molecule has 0 saturated heterocycles. The first-order chi connectivity index (χ1) is 19.8. The number of fused-ring (bicyclic) bond motifs is 1. The lowest BCUT2D eigenvalue weighted by Crippen LogP contribution is -2.25. The maximum absolute atomic E-state index is 13.2. The van der Waals surface area contributed by atoms with Gasteiger partial charge in [-0.25, -0.2) is 4.79 Å². The van der Waals surface area contributed by atoms with Crippen molar-refractivity contribution in [3.63, 3.8) is 0 Å². The SMILES string of the molecule is COc1ccc(-c2cc(C(=O)NCCc3ccccc3)ccc2CC2CNc3ccc(C(=N)N)cc32)c(C(=O)O)c1. The summed E-state index contributed by atoms with van der Waals surface area (Å²) >= 11 is 0. The third kappa shape index (κ3) is 6.06. The molecule has 8 heteroatoms. The molecule has 0 fully saturated rings. The first-order valence-corrected chi connectivity index (χ1v) is 13.4. The van der Waals surface area contributed by atoms with Crippen LogP contribution in [0.5, 0.6) is 5.75 Å². The van der Waals surface area contributed by atoms with E-state index in [1.807, 2.05) is 54.6 Å². The minimum Gasteiger partial charge on any atom is -0.497 e. The molecular weight excluding hydrogens is 516 g/mol. The van der Waals surface area contributed by atoms with Gasteiger partial charge in [0.05, 0.1) is 12.7 Å². The predicted octanol–water partition coefficient (Wildman–Crippen LogP) is 5.07. The fourth-order valence-electron chi connectivity index (χ4n) is 5.30. The molecule has 4 aromatic carbocycles. The number of rotatable bonds is 10. The summed E-state index contributed by atoms with van der Waals surface area (Å²) in [7, 11) is 1.49. The Balaban J connectivity index is 1.49. The summed E-state index contributed by atoms with van der Waals surface area (Å²) in [6.45, 7) is 1.16. The first kappa shape index (κ1) is 27.5. The minimum atomic E-state index is -1.08. The van der Waals surface area contributed by atoms with Crippen molar-refractivity contribution < 1.29 is 19.4 Å². The van der Waals surface area contributed by atoms with E-state index in [2.05, 4.69) is 10.6 Å². The Kier molecular flexibility index (Phi) is 8.01. The van der Waals surface area contributed by atoms with Gasteiger partial charge >= 0.3 is 5.97 Å². The van der Waals surface area contributed by atoms with Crippen molar-refractivity contribution in [1.82, 2.24) is 5.32 Å². The summed E-state index contributed by atoms with van der Waals surface area (Å²) in [4.78, 5) is 25.5. The highest BCUT2D eigenvalue weighted by molar-refractivity contribution is 6.00. The number of benzene rings is 4. The molecule has 0 bridgehead atoms. The van der Waals surface area contributed by atoms with Gasteiger partial charge in [-0.3, -0.25) is 10.2 Å². The zero-order valence-corrected chi connectivity index (χ0v) is 22.7. The fourth-order valence-corrected chi connectivity index (χ4v) is 5.30. The molecule has 1 heterocycles. The highest BCUT2D eigenvalue weighted by Crippen LogP contribution is 2.38. The van der Waals surface area contributed by atoms with Crippen molar-refractivity contribution in [2.75, 3.05) is 25.5 Å². The van der Waals surface area contributed by atoms with Crippen LogP contribution in [0, 0.1) is 5.41 Å². The number of nitrogens with two attached hydrogens (primary N) is 1. The van der Waals surface area contributed by atoms with E-state index >= 15 is 0 Å². The number of carboxylic acids is 1. The van der Waals surface area contributed by atoms with Crippen LogP contribution in [0.25, 0.3) is 11.1 Å². The summed E-state index contributed by atoms with van der Waals surface area (Å²) in [6.07, 6.45) is 1.30. The molecule has 5 rings (SSSR count). The molecule has 0 aliphatic carbocycles. The van der Waals surface area contributed by atoms with Crippen LogP contribution in [0.1, 0.15) is 48.9 Å². The minimum absolute atomic E-state index is 0.00565. The predicted molar refractivity (Wildman–Crippen MR) is 160 cm³/mol. The van der Waals surface area contributed by atoms with Crippen LogP contribution in [0.3, 0.4) is 0 Å². The monoisotopic (exact) mass is 548 g/mol. The van der Waals surface area contributed by atoms with Gasteiger partial charge < -0.3 is 26.2 Å². The number of ether oxygens (including phenoxy) is 1. The van der Waals surface area contributed by atoms with Gasteiger partial charge in [0.15, 0.2) is 0 Å². The average molecular weight is 549 g/mol. The maximum Gasteiger partial charge on any atom is 0.336 e. The van der Waals surface area contributed by atoms with Crippen LogP contribution in [0.2, 0.25) is 0 Å². The zero-order chi connectivity index (χ0) is 28.9. The van der Waals surface area contributed by atoms with E-state index in [1.54, 1.807) is 24.3 Å². The quantitative estimate of drug-likeness (QED) is 0.139. The average Bonchev–Trinajstić information content (AvgIpc) is 3.39. The van der Waals surface area contributed by atoms with Crippen molar-refractivity contribution in [2.45, 2.75) is 18.8 Å². The van der Waals surface area contributed by atoms with E-state index in [1.165, 1.54) is 13.2 Å². The van der Waals surface area contributed by atoms with Gasteiger partial charge in [0.1, 0.15) is 11.6 Å². The van der Waals surface area contributed by atoms with E-state index in [4.69, 9.17) is 15.9 Å². The van der Waals surface area contributed by atoms with Crippen LogP contribution < -0.4 is 21.1 Å². The summed E-state index contributed by atoms with van der Waals surface area (Å²) in [5.41, 5.74) is 12.2. The number of carbonyl (C=O) groups excluding carboxylic acids is 1. The Morgan fingerprint density at radius 3 is 2.51 bits per heavy atom. The molecule has 1 aliphatic heterocycles. The van der Waals surface area contributed by atoms with Crippen LogP contribution >= 0.6 is 0 Å². The number of amides is 1. The van der Waals surface area contributed by atoms with E-state index in [-0.39, 0.29) is 23.2 Å². The third-order valence-corrected chi connectivity index (χ3v) is 7.47. The molecule has 4 aromatic rings. The molecule has 0 saturated carbocycles. The highest BCUT2D eigenvalue weighted by atomic mass is 16.5. The van der Waals surface area contributed by atoms with Gasteiger partial charge in [-0.05, 0) is 89.2 Å². The first-order valence-electron chi connectivity index (χ1n) is 13.4. The molecule has 0 aromatic heterocycles. The number of amidine groups is 1.